The molecule has 0 fully saturated rings. The van der Waals surface area contributed by atoms with Crippen molar-refractivity contribution in [1.29, 1.82) is 0 Å². The van der Waals surface area contributed by atoms with Gasteiger partial charge in [0.05, 0.1) is 0 Å². The lowest BCUT2D eigenvalue weighted by Gasteiger charge is -2.18. The van der Waals surface area contributed by atoms with E-state index < -0.39 is 6.10 Å². The maximum Gasteiger partial charge on any atom is 0.306 e. The summed E-state index contributed by atoms with van der Waals surface area (Å²) in [7, 11) is 0. The van der Waals surface area contributed by atoms with E-state index in [9.17, 15) is 14.4 Å². The average Bonchev–Trinajstić information content (AvgIpc) is 3.43. The van der Waals surface area contributed by atoms with Crippen LogP contribution < -0.4 is 0 Å². The summed E-state index contributed by atoms with van der Waals surface area (Å²) in [5, 5.41) is 0. The van der Waals surface area contributed by atoms with Crippen LogP contribution in [-0.2, 0) is 28.6 Å². The predicted octanol–water partition coefficient (Wildman–Crippen LogP) is 23.1. The Morgan fingerprint density at radius 3 is 0.766 bits per heavy atom. The number of unbranched alkanes of at least 4 members (excludes halogenated alkanes) is 41. The molecule has 0 atom stereocenters. The summed E-state index contributed by atoms with van der Waals surface area (Å²) < 4.78 is 17.0. The predicted molar refractivity (Wildman–Crippen MR) is 335 cm³/mol. The summed E-state index contributed by atoms with van der Waals surface area (Å²) in [6.07, 6.45) is 83.7. The largest absolute Gasteiger partial charge is 0.462 e. The van der Waals surface area contributed by atoms with Gasteiger partial charge in [-0.2, -0.15) is 0 Å². The maximum absolute atomic E-state index is 12.9. The third kappa shape index (κ3) is 63.8. The molecule has 0 bridgehead atoms. The van der Waals surface area contributed by atoms with Gasteiger partial charge in [0.15, 0.2) is 6.10 Å². The molecule has 77 heavy (non-hydrogen) atoms. The second-order valence-corrected chi connectivity index (χ2v) is 22.7. The van der Waals surface area contributed by atoms with Crippen molar-refractivity contribution in [1.82, 2.24) is 0 Å². The van der Waals surface area contributed by atoms with Gasteiger partial charge in [-0.1, -0.05) is 287 Å². The Bertz CT molecular complexity index is 1310. The molecule has 0 unspecified atom stereocenters. The maximum atomic E-state index is 12.9. The summed E-state index contributed by atoms with van der Waals surface area (Å²) in [5.41, 5.74) is 0. The van der Waals surface area contributed by atoms with Crippen molar-refractivity contribution >= 4 is 17.9 Å². The van der Waals surface area contributed by atoms with E-state index in [1.165, 1.54) is 231 Å². The van der Waals surface area contributed by atoms with Crippen LogP contribution >= 0.6 is 0 Å². The molecule has 0 saturated carbocycles. The molecule has 0 radical (unpaired) electrons. The number of hydrogen-bond donors (Lipinski definition) is 0. The van der Waals surface area contributed by atoms with Crippen LogP contribution in [0, 0.1) is 0 Å². The van der Waals surface area contributed by atoms with Crippen LogP contribution in [0.5, 0.6) is 0 Å². The molecule has 0 aliphatic heterocycles. The first-order valence-corrected chi connectivity index (χ1v) is 33.8. The van der Waals surface area contributed by atoms with Gasteiger partial charge in [-0.25, -0.2) is 0 Å². The fourth-order valence-electron chi connectivity index (χ4n) is 9.85. The van der Waals surface area contributed by atoms with Crippen LogP contribution in [0.4, 0.5) is 0 Å². The van der Waals surface area contributed by atoms with Crippen molar-refractivity contribution in [3.05, 3.63) is 60.8 Å². The Morgan fingerprint density at radius 1 is 0.260 bits per heavy atom. The zero-order valence-corrected chi connectivity index (χ0v) is 51.5. The van der Waals surface area contributed by atoms with Crippen molar-refractivity contribution in [2.45, 2.75) is 361 Å². The lowest BCUT2D eigenvalue weighted by molar-refractivity contribution is -0.167. The molecular formula is C71H128O6. The topological polar surface area (TPSA) is 78.9 Å². The summed E-state index contributed by atoms with van der Waals surface area (Å²) in [6, 6.07) is 0. The van der Waals surface area contributed by atoms with Gasteiger partial charge in [0.1, 0.15) is 13.2 Å². The quantitative estimate of drug-likeness (QED) is 0.0261. The average molecular weight is 1080 g/mol. The third-order valence-corrected chi connectivity index (χ3v) is 15.0. The van der Waals surface area contributed by atoms with Crippen LogP contribution in [0.3, 0.4) is 0 Å². The molecule has 0 aromatic carbocycles. The van der Waals surface area contributed by atoms with Crippen molar-refractivity contribution in [3.63, 3.8) is 0 Å². The smallest absolute Gasteiger partial charge is 0.306 e. The van der Waals surface area contributed by atoms with Crippen molar-refractivity contribution in [2.24, 2.45) is 0 Å². The highest BCUT2D eigenvalue weighted by Crippen LogP contribution is 2.17. The number of carbonyl (C=O) groups is 3. The first-order chi connectivity index (χ1) is 38.0. The zero-order chi connectivity index (χ0) is 55.7. The monoisotopic (exact) mass is 1080 g/mol. The molecule has 0 aromatic heterocycles. The Kier molecular flexibility index (Phi) is 63.2. The molecule has 6 nitrogen and oxygen atoms in total. The van der Waals surface area contributed by atoms with E-state index in [2.05, 4.69) is 81.5 Å². The highest BCUT2D eigenvalue weighted by atomic mass is 16.6. The SMILES string of the molecule is CCCCC/C=C\C/C=C\C/C=C\CCCCCCC(=O)OC(COC(=O)CCCCCCCCCCCCC/C=C\CCCCCCCC)COC(=O)CCCCCCCCCCCCC/C=C\CCCCCCCC. The van der Waals surface area contributed by atoms with Gasteiger partial charge in [0.2, 0.25) is 0 Å². The minimum absolute atomic E-state index is 0.0816. The fourth-order valence-corrected chi connectivity index (χ4v) is 9.85. The van der Waals surface area contributed by atoms with Gasteiger partial charge in [-0.05, 0) is 109 Å². The van der Waals surface area contributed by atoms with E-state index in [1.54, 1.807) is 0 Å². The zero-order valence-electron chi connectivity index (χ0n) is 51.5. The van der Waals surface area contributed by atoms with Gasteiger partial charge in [0.25, 0.3) is 0 Å². The summed E-state index contributed by atoms with van der Waals surface area (Å²) in [5.74, 6) is -0.884. The molecule has 0 heterocycles. The number of ether oxygens (including phenoxy) is 3. The number of carbonyl (C=O) groups excluding carboxylic acids is 3. The lowest BCUT2D eigenvalue weighted by atomic mass is 10.0. The van der Waals surface area contributed by atoms with Crippen LogP contribution in [0.1, 0.15) is 355 Å². The first-order valence-electron chi connectivity index (χ1n) is 33.8. The molecule has 0 saturated heterocycles. The second-order valence-electron chi connectivity index (χ2n) is 22.7. The molecule has 0 rings (SSSR count). The highest BCUT2D eigenvalue weighted by molar-refractivity contribution is 5.71. The Labute approximate surface area is 479 Å². The molecular weight excluding hydrogens is 949 g/mol. The van der Waals surface area contributed by atoms with E-state index in [4.69, 9.17) is 14.2 Å². The summed E-state index contributed by atoms with van der Waals surface area (Å²) >= 11 is 0. The molecule has 0 N–H and O–H groups in total. The minimum atomic E-state index is -0.787. The van der Waals surface area contributed by atoms with Crippen LogP contribution in [0.2, 0.25) is 0 Å². The fraction of sp³-hybridized carbons (Fsp3) is 0.817. The second kappa shape index (κ2) is 65.6. The molecule has 6 heteroatoms. The summed E-state index contributed by atoms with van der Waals surface area (Å²) in [4.78, 5) is 38.4. The molecule has 0 aliphatic rings. The molecule has 0 amide bonds. The van der Waals surface area contributed by atoms with Crippen LogP contribution in [0.15, 0.2) is 60.8 Å². The Morgan fingerprint density at radius 2 is 0.468 bits per heavy atom. The van der Waals surface area contributed by atoms with E-state index >= 15 is 0 Å². The number of esters is 3. The molecule has 448 valence electrons. The van der Waals surface area contributed by atoms with Gasteiger partial charge in [-0.15, -0.1) is 0 Å². The van der Waals surface area contributed by atoms with E-state index in [0.717, 1.165) is 83.5 Å². The van der Waals surface area contributed by atoms with Crippen LogP contribution in [-0.4, -0.2) is 37.2 Å². The van der Waals surface area contributed by atoms with Crippen molar-refractivity contribution in [3.8, 4) is 0 Å². The standard InChI is InChI=1S/C71H128O6/c1-4-7-10-13-16-19-22-25-28-31-33-35-37-40-42-45-48-51-54-57-60-63-69(72)75-66-68(77-71(74)65-62-59-56-53-50-47-44-39-30-27-24-21-18-15-12-9-6-3)67-76-70(73)64-61-58-55-52-49-46-43-41-38-36-34-32-29-26-23-20-17-14-11-8-5-2/h18,21,25-30,44,47,68H,4-17,19-20,22-24,31-43,45-46,48-67H2,1-3H3/b21-18-,28-25-,29-26-,30-27-,47-44-. The van der Waals surface area contributed by atoms with Gasteiger partial charge in [0, 0.05) is 19.3 Å². The number of rotatable bonds is 62. The number of hydrogen-bond acceptors (Lipinski definition) is 6. The van der Waals surface area contributed by atoms with E-state index in [0.29, 0.717) is 19.3 Å². The van der Waals surface area contributed by atoms with Crippen LogP contribution in [0.25, 0.3) is 0 Å². The lowest BCUT2D eigenvalue weighted by Crippen LogP contribution is -2.30. The van der Waals surface area contributed by atoms with Gasteiger partial charge >= 0.3 is 17.9 Å². The van der Waals surface area contributed by atoms with Gasteiger partial charge in [-0.3, -0.25) is 14.4 Å². The van der Waals surface area contributed by atoms with E-state index in [-0.39, 0.29) is 31.1 Å². The minimum Gasteiger partial charge on any atom is -0.462 e. The van der Waals surface area contributed by atoms with Gasteiger partial charge < -0.3 is 14.2 Å². The first kappa shape index (κ1) is 74.1. The summed E-state index contributed by atoms with van der Waals surface area (Å²) in [6.45, 7) is 6.64. The number of allylic oxidation sites excluding steroid dienone is 10. The Balaban J connectivity index is 4.36. The van der Waals surface area contributed by atoms with E-state index in [1.807, 2.05) is 0 Å². The normalized spacial score (nSPS) is 12.1. The highest BCUT2D eigenvalue weighted by Gasteiger charge is 2.19. The Hall–Kier alpha value is -2.89. The van der Waals surface area contributed by atoms with Crippen molar-refractivity contribution < 1.29 is 28.6 Å². The molecule has 0 aromatic rings. The molecule has 0 aliphatic carbocycles. The third-order valence-electron chi connectivity index (χ3n) is 15.0. The van der Waals surface area contributed by atoms with Crippen molar-refractivity contribution in [2.75, 3.05) is 13.2 Å². The molecule has 0 spiro atoms.